The van der Waals surface area contributed by atoms with E-state index in [1.165, 1.54) is 12.1 Å². The van der Waals surface area contributed by atoms with Gasteiger partial charge >= 0.3 is 0 Å². The minimum Gasteiger partial charge on any atom is -0.384 e. The maximum Gasteiger partial charge on any atom is 0.260 e. The molecule has 0 spiro atoms. The highest BCUT2D eigenvalue weighted by Gasteiger charge is 2.13. The number of halogens is 1. The van der Waals surface area contributed by atoms with E-state index in [9.17, 15) is 9.18 Å². The first-order valence-electron chi connectivity index (χ1n) is 5.06. The second-order valence-corrected chi connectivity index (χ2v) is 4.01. The Morgan fingerprint density at radius 1 is 1.53 bits per heavy atom. The minimum atomic E-state index is -0.709. The predicted molar refractivity (Wildman–Crippen MR) is 66.0 cm³/mol. The molecule has 0 fully saturated rings. The second kappa shape index (κ2) is 5.99. The molecule has 0 saturated carbocycles. The van der Waals surface area contributed by atoms with E-state index in [4.69, 9.17) is 5.11 Å². The molecule has 19 heavy (non-hydrogen) atoms. The summed E-state index contributed by atoms with van der Waals surface area (Å²) < 4.78 is 17.2. The van der Waals surface area contributed by atoms with Gasteiger partial charge in [-0.05, 0) is 23.4 Å². The average molecular weight is 278 g/mol. The monoisotopic (exact) mass is 278 g/mol. The fourth-order valence-electron chi connectivity index (χ4n) is 1.26. The van der Waals surface area contributed by atoms with Crippen molar-refractivity contribution in [2.24, 2.45) is 0 Å². The molecule has 0 unspecified atom stereocenters. The van der Waals surface area contributed by atoms with Crippen molar-refractivity contribution in [1.29, 1.82) is 0 Å². The van der Waals surface area contributed by atoms with E-state index in [1.807, 2.05) is 0 Å². The van der Waals surface area contributed by atoms with Crippen LogP contribution >= 0.6 is 11.5 Å². The van der Waals surface area contributed by atoms with Crippen molar-refractivity contribution in [3.63, 3.8) is 0 Å². The van der Waals surface area contributed by atoms with Gasteiger partial charge in [0.1, 0.15) is 12.4 Å². The van der Waals surface area contributed by atoms with Gasteiger partial charge in [-0.2, -0.15) is 0 Å². The lowest BCUT2D eigenvalue weighted by Crippen LogP contribution is -2.13. The second-order valence-electron chi connectivity index (χ2n) is 3.28. The van der Waals surface area contributed by atoms with Crippen molar-refractivity contribution in [2.75, 3.05) is 11.9 Å². The number of carbonyl (C=O) groups is 1. The molecule has 8 heteroatoms. The number of anilines is 1. The van der Waals surface area contributed by atoms with Gasteiger partial charge in [-0.3, -0.25) is 10.1 Å². The smallest absolute Gasteiger partial charge is 0.260 e. The summed E-state index contributed by atoms with van der Waals surface area (Å²) in [5.74, 6) is 3.59. The molecular formula is C11H7FN4O2S. The highest BCUT2D eigenvalue weighted by molar-refractivity contribution is 7.09. The van der Waals surface area contributed by atoms with Gasteiger partial charge in [0.15, 0.2) is 0 Å². The van der Waals surface area contributed by atoms with E-state index in [1.54, 1.807) is 0 Å². The molecule has 1 aromatic carbocycles. The van der Waals surface area contributed by atoms with Crippen molar-refractivity contribution >= 4 is 22.6 Å². The number of rotatable bonds is 2. The highest BCUT2D eigenvalue weighted by atomic mass is 32.1. The number of carbonyl (C=O) groups excluding carboxylic acids is 1. The molecule has 96 valence electrons. The number of aliphatic hydroxyl groups is 1. The topological polar surface area (TPSA) is 88.0 Å². The van der Waals surface area contributed by atoms with Gasteiger partial charge < -0.3 is 5.11 Å². The molecule has 0 radical (unpaired) electrons. The summed E-state index contributed by atoms with van der Waals surface area (Å²) in [5, 5.41) is 17.9. The Morgan fingerprint density at radius 2 is 2.37 bits per heavy atom. The maximum atomic E-state index is 13.7. The molecule has 0 aliphatic carbocycles. The summed E-state index contributed by atoms with van der Waals surface area (Å²) in [6.45, 7) is -0.312. The number of benzene rings is 1. The van der Waals surface area contributed by atoms with E-state index < -0.39 is 11.7 Å². The first-order chi connectivity index (χ1) is 9.20. The van der Waals surface area contributed by atoms with Gasteiger partial charge in [0.25, 0.3) is 5.91 Å². The van der Waals surface area contributed by atoms with E-state index in [0.29, 0.717) is 5.56 Å². The number of amides is 1. The molecule has 0 aliphatic heterocycles. The summed E-state index contributed by atoms with van der Waals surface area (Å²) in [4.78, 5) is 11.7. The summed E-state index contributed by atoms with van der Waals surface area (Å²) in [5.41, 5.74) is 0.241. The number of nitrogens with one attached hydrogen (secondary N) is 1. The number of aromatic nitrogens is 3. The van der Waals surface area contributed by atoms with Crippen LogP contribution < -0.4 is 5.32 Å². The number of hydrogen-bond acceptors (Lipinski definition) is 6. The third-order valence-electron chi connectivity index (χ3n) is 2.05. The average Bonchev–Trinajstić information content (AvgIpc) is 2.89. The van der Waals surface area contributed by atoms with Crippen LogP contribution in [0.2, 0.25) is 0 Å². The van der Waals surface area contributed by atoms with Crippen molar-refractivity contribution in [3.05, 3.63) is 35.1 Å². The third kappa shape index (κ3) is 3.31. The number of hydrogen-bond donors (Lipinski definition) is 2. The van der Waals surface area contributed by atoms with Gasteiger partial charge in [-0.1, -0.05) is 21.4 Å². The van der Waals surface area contributed by atoms with E-state index in [2.05, 4.69) is 32.0 Å². The number of aliphatic hydroxyl groups excluding tert-OH is 1. The van der Waals surface area contributed by atoms with Gasteiger partial charge in [0.2, 0.25) is 5.13 Å². The molecule has 1 aromatic heterocycles. The lowest BCUT2D eigenvalue weighted by Gasteiger charge is -2.02. The minimum absolute atomic E-state index is 0.134. The molecule has 2 rings (SSSR count). The Balaban J connectivity index is 2.18. The third-order valence-corrected chi connectivity index (χ3v) is 2.56. The van der Waals surface area contributed by atoms with E-state index in [0.717, 1.165) is 17.6 Å². The lowest BCUT2D eigenvalue weighted by atomic mass is 10.1. The zero-order chi connectivity index (χ0) is 13.7. The molecule has 1 amide bonds. The fraction of sp³-hybridized carbons (Fsp3) is 0.0909. The Labute approximate surface area is 111 Å². The molecular weight excluding hydrogens is 271 g/mol. The summed E-state index contributed by atoms with van der Waals surface area (Å²) in [6.07, 6.45) is 0. The van der Waals surface area contributed by atoms with Crippen LogP contribution in [0.15, 0.2) is 18.2 Å². The summed E-state index contributed by atoms with van der Waals surface area (Å²) in [7, 11) is 0. The normalized spacial score (nSPS) is 9.58. The molecule has 0 bridgehead atoms. The zero-order valence-corrected chi connectivity index (χ0v) is 10.2. The molecule has 0 atom stereocenters. The van der Waals surface area contributed by atoms with Crippen molar-refractivity contribution in [3.8, 4) is 11.8 Å². The van der Waals surface area contributed by atoms with Gasteiger partial charge in [-0.15, -0.1) is 0 Å². The number of nitrogens with zero attached hydrogens (tertiary/aromatic N) is 3. The predicted octanol–water partition coefficient (Wildman–Crippen LogP) is 0.668. The molecule has 2 N–H and O–H groups in total. The lowest BCUT2D eigenvalue weighted by molar-refractivity contribution is 0.102. The van der Waals surface area contributed by atoms with Crippen LogP contribution in [-0.4, -0.2) is 32.4 Å². The van der Waals surface area contributed by atoms with Crippen LogP contribution in [0.4, 0.5) is 9.52 Å². The van der Waals surface area contributed by atoms with Crippen molar-refractivity contribution < 1.29 is 14.3 Å². The first kappa shape index (κ1) is 13.1. The van der Waals surface area contributed by atoms with Crippen LogP contribution in [0.5, 0.6) is 0 Å². The van der Waals surface area contributed by atoms with E-state index in [-0.39, 0.29) is 17.3 Å². The molecule has 0 saturated heterocycles. The van der Waals surface area contributed by atoms with Gasteiger partial charge in [0.05, 0.1) is 5.56 Å². The molecule has 1 heterocycles. The Morgan fingerprint density at radius 3 is 3.00 bits per heavy atom. The zero-order valence-electron chi connectivity index (χ0n) is 9.42. The Kier molecular flexibility index (Phi) is 4.12. The fourth-order valence-corrected chi connectivity index (χ4v) is 1.63. The molecule has 6 nitrogen and oxygen atoms in total. The van der Waals surface area contributed by atoms with E-state index >= 15 is 0 Å². The molecule has 2 aromatic rings. The highest BCUT2D eigenvalue weighted by Crippen LogP contribution is 2.13. The first-order valence-corrected chi connectivity index (χ1v) is 5.83. The van der Waals surface area contributed by atoms with Crippen LogP contribution in [0, 0.1) is 17.7 Å². The summed E-state index contributed by atoms with van der Waals surface area (Å²) >= 11 is 0.889. The largest absolute Gasteiger partial charge is 0.384 e. The maximum absolute atomic E-state index is 13.7. The van der Waals surface area contributed by atoms with Crippen LogP contribution in [0.1, 0.15) is 15.9 Å². The summed E-state index contributed by atoms with van der Waals surface area (Å²) in [6, 6.07) is 3.91. The van der Waals surface area contributed by atoms with Crippen LogP contribution in [0.3, 0.4) is 0 Å². The standard InChI is InChI=1S/C11H7FN4O2S/c12-9-6-7(2-1-5-17)3-4-8(9)10(18)13-11-14-15-16-19-11/h3-4,6,17H,5H2,(H,13,14,16,18). The SMILES string of the molecule is O=C(Nc1nnns1)c1ccc(C#CCO)cc1F. The van der Waals surface area contributed by atoms with Gasteiger partial charge in [-0.25, -0.2) is 4.39 Å². The Hall–Kier alpha value is -2.37. The van der Waals surface area contributed by atoms with Crippen LogP contribution in [-0.2, 0) is 0 Å². The van der Waals surface area contributed by atoms with Crippen LogP contribution in [0.25, 0.3) is 0 Å². The van der Waals surface area contributed by atoms with Crippen molar-refractivity contribution in [1.82, 2.24) is 14.8 Å². The quantitative estimate of drug-likeness (QED) is 0.788. The van der Waals surface area contributed by atoms with Crippen molar-refractivity contribution in [2.45, 2.75) is 0 Å². The van der Waals surface area contributed by atoms with Gasteiger partial charge in [0, 0.05) is 17.1 Å². The Bertz CT molecular complexity index is 648. The molecule has 0 aliphatic rings.